The second-order valence-corrected chi connectivity index (χ2v) is 5.21. The maximum Gasteiger partial charge on any atom is 0.190 e. The molecule has 0 N–H and O–H groups in total. The molecule has 2 rings (SSSR count). The monoisotopic (exact) mass is 258 g/mol. The van der Waals surface area contributed by atoms with Gasteiger partial charge >= 0.3 is 0 Å². The van der Waals surface area contributed by atoms with Crippen LogP contribution < -0.4 is 0 Å². The highest BCUT2D eigenvalue weighted by Crippen LogP contribution is 2.22. The highest BCUT2D eigenvalue weighted by molar-refractivity contribution is 6.09. The maximum atomic E-state index is 12.7. The minimum atomic E-state index is 0.164. The van der Waals surface area contributed by atoms with Crippen LogP contribution in [0, 0.1) is 6.92 Å². The van der Waals surface area contributed by atoms with Crippen LogP contribution in [0.2, 0.25) is 0 Å². The fraction of sp³-hybridized carbons (Fsp3) is 0.562. The second-order valence-electron chi connectivity index (χ2n) is 5.21. The van der Waals surface area contributed by atoms with Gasteiger partial charge in [0.1, 0.15) is 0 Å². The Morgan fingerprint density at radius 2 is 2.00 bits per heavy atom. The molecule has 0 aliphatic heterocycles. The van der Waals surface area contributed by atoms with Crippen LogP contribution in [0.5, 0.6) is 0 Å². The number of carbonyl (C=O) groups is 1. The zero-order chi connectivity index (χ0) is 13.7. The lowest BCUT2D eigenvalue weighted by Crippen LogP contribution is -2.11. The summed E-state index contributed by atoms with van der Waals surface area (Å²) in [5, 5.41) is 8.21. The molecule has 0 spiro atoms. The molecule has 0 saturated heterocycles. The van der Waals surface area contributed by atoms with Crippen molar-refractivity contribution in [1.29, 1.82) is 0 Å². The SMILES string of the molecule is CCc1nnc(C)cc1C(=O)C1=CCCCCCC1. The third-order valence-electron chi connectivity index (χ3n) is 3.65. The first kappa shape index (κ1) is 13.9. The molecule has 19 heavy (non-hydrogen) atoms. The number of Topliss-reactive ketones (excluding diaryl/α,β-unsaturated/α-hetero) is 1. The summed E-state index contributed by atoms with van der Waals surface area (Å²) in [7, 11) is 0. The number of ketones is 1. The topological polar surface area (TPSA) is 42.9 Å². The Kier molecular flexibility index (Phi) is 4.83. The first-order chi connectivity index (χ1) is 9.22. The van der Waals surface area contributed by atoms with Gasteiger partial charge < -0.3 is 0 Å². The molecule has 1 aromatic heterocycles. The van der Waals surface area contributed by atoms with Gasteiger partial charge in [0.05, 0.1) is 11.4 Å². The summed E-state index contributed by atoms with van der Waals surface area (Å²) in [4.78, 5) is 12.7. The molecule has 0 radical (unpaired) electrons. The quantitative estimate of drug-likeness (QED) is 0.774. The van der Waals surface area contributed by atoms with Crippen molar-refractivity contribution in [3.63, 3.8) is 0 Å². The summed E-state index contributed by atoms with van der Waals surface area (Å²) in [6.07, 6.45) is 9.66. The van der Waals surface area contributed by atoms with Gasteiger partial charge in [-0.25, -0.2) is 0 Å². The summed E-state index contributed by atoms with van der Waals surface area (Å²) >= 11 is 0. The standard InChI is InChI=1S/C16H22N2O/c1-3-15-14(11-12(2)17-18-15)16(19)13-9-7-5-4-6-8-10-13/h9,11H,3-8,10H2,1-2H3. The number of carbonyl (C=O) groups excluding carboxylic acids is 1. The van der Waals surface area contributed by atoms with E-state index in [1.165, 1.54) is 19.3 Å². The summed E-state index contributed by atoms with van der Waals surface area (Å²) in [6.45, 7) is 3.90. The van der Waals surface area contributed by atoms with Gasteiger partial charge in [0.2, 0.25) is 0 Å². The molecule has 1 aromatic rings. The Balaban J connectivity index is 2.29. The van der Waals surface area contributed by atoms with E-state index < -0.39 is 0 Å². The maximum absolute atomic E-state index is 12.7. The largest absolute Gasteiger partial charge is 0.289 e. The number of aryl methyl sites for hydroxylation is 2. The van der Waals surface area contributed by atoms with E-state index in [1.54, 1.807) is 0 Å². The van der Waals surface area contributed by atoms with Gasteiger partial charge in [-0.05, 0) is 50.7 Å². The molecular weight excluding hydrogens is 236 g/mol. The Labute approximate surface area is 115 Å². The Hall–Kier alpha value is -1.51. The average molecular weight is 258 g/mol. The number of rotatable bonds is 3. The molecule has 0 saturated carbocycles. The molecule has 3 nitrogen and oxygen atoms in total. The second kappa shape index (κ2) is 6.60. The van der Waals surface area contributed by atoms with E-state index in [1.807, 2.05) is 19.9 Å². The normalized spacial score (nSPS) is 16.4. The number of allylic oxidation sites excluding steroid dienone is 2. The van der Waals surface area contributed by atoms with Crippen molar-refractivity contribution in [2.75, 3.05) is 0 Å². The summed E-state index contributed by atoms with van der Waals surface area (Å²) in [6, 6.07) is 1.88. The molecule has 1 aliphatic rings. The first-order valence-corrected chi connectivity index (χ1v) is 7.29. The number of aromatic nitrogens is 2. The smallest absolute Gasteiger partial charge is 0.190 e. The molecular formula is C16H22N2O. The highest BCUT2D eigenvalue weighted by atomic mass is 16.1. The van der Waals surface area contributed by atoms with Crippen LogP contribution in [0.15, 0.2) is 17.7 Å². The number of hydrogen-bond donors (Lipinski definition) is 0. The van der Waals surface area contributed by atoms with Gasteiger partial charge in [0, 0.05) is 5.56 Å². The Bertz CT molecular complexity index is 492. The van der Waals surface area contributed by atoms with Crippen LogP contribution in [0.4, 0.5) is 0 Å². The summed E-state index contributed by atoms with van der Waals surface area (Å²) in [5.41, 5.74) is 3.36. The minimum Gasteiger partial charge on any atom is -0.289 e. The van der Waals surface area contributed by atoms with Crippen molar-refractivity contribution in [3.05, 3.63) is 34.7 Å². The van der Waals surface area contributed by atoms with E-state index in [4.69, 9.17) is 0 Å². The lowest BCUT2D eigenvalue weighted by atomic mass is 9.93. The zero-order valence-corrected chi connectivity index (χ0v) is 11.9. The molecule has 102 valence electrons. The number of nitrogens with zero attached hydrogens (tertiary/aromatic N) is 2. The van der Waals surface area contributed by atoms with Crippen LogP contribution >= 0.6 is 0 Å². The minimum absolute atomic E-state index is 0.164. The van der Waals surface area contributed by atoms with E-state index in [0.29, 0.717) is 0 Å². The molecule has 3 heteroatoms. The van der Waals surface area contributed by atoms with Crippen LogP contribution in [-0.2, 0) is 6.42 Å². The fourth-order valence-electron chi connectivity index (χ4n) is 2.54. The first-order valence-electron chi connectivity index (χ1n) is 7.29. The van der Waals surface area contributed by atoms with Crippen molar-refractivity contribution >= 4 is 5.78 Å². The van der Waals surface area contributed by atoms with Crippen LogP contribution in [0.1, 0.15) is 67.2 Å². The van der Waals surface area contributed by atoms with E-state index in [-0.39, 0.29) is 5.78 Å². The predicted octanol–water partition coefficient (Wildman–Crippen LogP) is 3.81. The van der Waals surface area contributed by atoms with Crippen LogP contribution in [0.25, 0.3) is 0 Å². The van der Waals surface area contributed by atoms with Crippen LogP contribution in [-0.4, -0.2) is 16.0 Å². The van der Waals surface area contributed by atoms with Crippen molar-refractivity contribution in [2.24, 2.45) is 0 Å². The Morgan fingerprint density at radius 1 is 1.21 bits per heavy atom. The van der Waals surface area contributed by atoms with E-state index >= 15 is 0 Å². The third kappa shape index (κ3) is 3.49. The van der Waals surface area contributed by atoms with Crippen molar-refractivity contribution in [3.8, 4) is 0 Å². The van der Waals surface area contributed by atoms with Gasteiger partial charge in [0.15, 0.2) is 5.78 Å². The molecule has 0 bridgehead atoms. The summed E-state index contributed by atoms with van der Waals surface area (Å²) < 4.78 is 0. The fourth-order valence-corrected chi connectivity index (χ4v) is 2.54. The number of hydrogen-bond acceptors (Lipinski definition) is 3. The van der Waals surface area contributed by atoms with Gasteiger partial charge in [-0.1, -0.05) is 25.8 Å². The molecule has 0 atom stereocenters. The predicted molar refractivity (Wildman–Crippen MR) is 76.3 cm³/mol. The van der Waals surface area contributed by atoms with Crippen molar-refractivity contribution < 1.29 is 4.79 Å². The van der Waals surface area contributed by atoms with Crippen molar-refractivity contribution in [1.82, 2.24) is 10.2 Å². The lowest BCUT2D eigenvalue weighted by molar-refractivity contribution is 0.102. The highest BCUT2D eigenvalue weighted by Gasteiger charge is 2.17. The molecule has 0 aromatic carbocycles. The Morgan fingerprint density at radius 3 is 2.79 bits per heavy atom. The zero-order valence-electron chi connectivity index (χ0n) is 11.9. The lowest BCUT2D eigenvalue weighted by Gasteiger charge is -2.12. The third-order valence-corrected chi connectivity index (χ3v) is 3.65. The van der Waals surface area contributed by atoms with Gasteiger partial charge in [-0.3, -0.25) is 4.79 Å². The molecule has 0 unspecified atom stereocenters. The van der Waals surface area contributed by atoms with E-state index in [2.05, 4.69) is 16.3 Å². The van der Waals surface area contributed by atoms with Crippen LogP contribution in [0.3, 0.4) is 0 Å². The van der Waals surface area contributed by atoms with E-state index in [9.17, 15) is 4.79 Å². The molecule has 1 heterocycles. The van der Waals surface area contributed by atoms with Gasteiger partial charge in [0.25, 0.3) is 0 Å². The van der Waals surface area contributed by atoms with E-state index in [0.717, 1.165) is 48.2 Å². The van der Waals surface area contributed by atoms with Crippen molar-refractivity contribution in [2.45, 2.75) is 58.8 Å². The molecule has 0 fully saturated rings. The average Bonchev–Trinajstić information content (AvgIpc) is 2.37. The van der Waals surface area contributed by atoms with Gasteiger partial charge in [-0.2, -0.15) is 10.2 Å². The summed E-state index contributed by atoms with van der Waals surface area (Å²) in [5.74, 6) is 0.164. The van der Waals surface area contributed by atoms with Gasteiger partial charge in [-0.15, -0.1) is 0 Å². The molecule has 1 aliphatic carbocycles. The molecule has 0 amide bonds.